The highest BCUT2D eigenvalue weighted by molar-refractivity contribution is 7.53. The van der Waals surface area contributed by atoms with Gasteiger partial charge in [0.2, 0.25) is 0 Å². The number of hydrogen-bond donors (Lipinski definition) is 0. The van der Waals surface area contributed by atoms with Crippen molar-refractivity contribution >= 4 is 19.2 Å². The minimum Gasteiger partial charge on any atom is -0.371 e. The molecule has 0 heterocycles. The summed E-state index contributed by atoms with van der Waals surface area (Å²) < 4.78 is 37.2. The van der Waals surface area contributed by atoms with Gasteiger partial charge in [0.25, 0.3) is 0 Å². The van der Waals surface area contributed by atoms with Crippen molar-refractivity contribution in [3.8, 4) is 0 Å². The Balaban J connectivity index is 1.62. The number of ether oxygens (including phenoxy) is 2. The van der Waals surface area contributed by atoms with Crippen LogP contribution in [0.5, 0.6) is 0 Å². The summed E-state index contributed by atoms with van der Waals surface area (Å²) in [6.45, 7) is 2.79. The maximum atomic E-state index is 13.7. The minimum absolute atomic E-state index is 0.0176. The molecule has 3 aromatic rings. The molecule has 0 saturated heterocycles. The van der Waals surface area contributed by atoms with Gasteiger partial charge in [0.15, 0.2) is 0 Å². The topological polar surface area (TPSA) is 54.0 Å². The van der Waals surface area contributed by atoms with E-state index >= 15 is 0 Å². The van der Waals surface area contributed by atoms with Crippen molar-refractivity contribution in [3.63, 3.8) is 0 Å². The predicted octanol–water partition coefficient (Wildman–Crippen LogP) is 7.19. The molecule has 34 heavy (non-hydrogen) atoms. The van der Waals surface area contributed by atoms with Crippen LogP contribution in [-0.4, -0.2) is 24.4 Å². The standard InChI is InChI=1S/C27H32ClO5P/c1-23(30-19-24-11-5-2-6-12-24)27(31-22-28)17-18-34(29,32-20-25-13-7-3-8-14-25)33-21-26-15-9-4-10-16-26/h2-16,23,27H,17-22H2,1H3/t23-,27+/m0/s1. The quantitative estimate of drug-likeness (QED) is 0.162. The highest BCUT2D eigenvalue weighted by Crippen LogP contribution is 2.50. The van der Waals surface area contributed by atoms with E-state index < -0.39 is 7.60 Å². The van der Waals surface area contributed by atoms with Crippen LogP contribution in [0.2, 0.25) is 0 Å². The molecule has 182 valence electrons. The average molecular weight is 503 g/mol. The SMILES string of the molecule is C[C@H](OCc1ccccc1)[C@@H](CCP(=O)(OCc1ccccc1)OCc1ccccc1)OCCl. The molecule has 7 heteroatoms. The second-order valence-corrected chi connectivity index (χ2v) is 10.4. The molecular formula is C27H32ClO5P. The van der Waals surface area contributed by atoms with Gasteiger partial charge in [-0.3, -0.25) is 4.57 Å². The second-order valence-electron chi connectivity index (χ2n) is 7.96. The minimum atomic E-state index is -3.42. The Bertz CT molecular complexity index is 940. The van der Waals surface area contributed by atoms with Crippen molar-refractivity contribution in [1.82, 2.24) is 0 Å². The molecule has 0 aliphatic heterocycles. The van der Waals surface area contributed by atoms with Crippen LogP contribution in [0.4, 0.5) is 0 Å². The lowest BCUT2D eigenvalue weighted by molar-refractivity contribution is -0.0606. The van der Waals surface area contributed by atoms with Gasteiger partial charge in [-0.1, -0.05) is 103 Å². The number of alkyl halides is 1. The molecule has 2 atom stereocenters. The highest BCUT2D eigenvalue weighted by Gasteiger charge is 2.29. The van der Waals surface area contributed by atoms with Crippen LogP contribution in [0.1, 0.15) is 30.0 Å². The third-order valence-electron chi connectivity index (χ3n) is 5.39. The molecule has 3 rings (SSSR count). The first kappa shape index (κ1) is 26.6. The molecule has 0 fully saturated rings. The zero-order chi connectivity index (χ0) is 24.1. The van der Waals surface area contributed by atoms with Gasteiger partial charge in [-0.15, -0.1) is 0 Å². The van der Waals surface area contributed by atoms with Crippen molar-refractivity contribution in [2.75, 3.05) is 12.2 Å². The Morgan fingerprint density at radius 3 is 1.59 bits per heavy atom. The van der Waals surface area contributed by atoms with Gasteiger partial charge in [-0.25, -0.2) is 0 Å². The van der Waals surface area contributed by atoms with Crippen LogP contribution in [0, 0.1) is 0 Å². The van der Waals surface area contributed by atoms with Crippen molar-refractivity contribution < 1.29 is 23.1 Å². The molecule has 0 bridgehead atoms. The van der Waals surface area contributed by atoms with E-state index in [9.17, 15) is 4.57 Å². The third kappa shape index (κ3) is 9.34. The fraction of sp³-hybridized carbons (Fsp3) is 0.333. The fourth-order valence-corrected chi connectivity index (χ4v) is 5.15. The van der Waals surface area contributed by atoms with Crippen LogP contribution < -0.4 is 0 Å². The van der Waals surface area contributed by atoms with E-state index in [1.54, 1.807) is 0 Å². The summed E-state index contributed by atoms with van der Waals surface area (Å²) in [6, 6.07) is 29.2. The van der Waals surface area contributed by atoms with E-state index in [0.29, 0.717) is 13.0 Å². The molecule has 0 aromatic heterocycles. The zero-order valence-electron chi connectivity index (χ0n) is 19.4. The van der Waals surface area contributed by atoms with E-state index in [2.05, 4.69) is 0 Å². The highest BCUT2D eigenvalue weighted by atomic mass is 35.5. The molecule has 0 spiro atoms. The van der Waals surface area contributed by atoms with Gasteiger partial charge in [0.1, 0.15) is 6.07 Å². The lowest BCUT2D eigenvalue weighted by Gasteiger charge is -2.26. The Morgan fingerprint density at radius 2 is 1.15 bits per heavy atom. The van der Waals surface area contributed by atoms with Crippen molar-refractivity contribution in [2.24, 2.45) is 0 Å². The number of halogens is 1. The van der Waals surface area contributed by atoms with Crippen LogP contribution >= 0.6 is 19.2 Å². The maximum Gasteiger partial charge on any atom is 0.331 e. The predicted molar refractivity (Wildman–Crippen MR) is 136 cm³/mol. The Kier molecular flexibility index (Phi) is 11.3. The van der Waals surface area contributed by atoms with E-state index in [1.165, 1.54) is 0 Å². The first-order valence-electron chi connectivity index (χ1n) is 11.4. The molecule has 0 saturated carbocycles. The van der Waals surface area contributed by atoms with Crippen LogP contribution in [-0.2, 0) is 42.9 Å². The van der Waals surface area contributed by atoms with Gasteiger partial charge in [0.05, 0.1) is 38.2 Å². The summed E-state index contributed by atoms with van der Waals surface area (Å²) in [4.78, 5) is 0. The third-order valence-corrected chi connectivity index (χ3v) is 7.36. The summed E-state index contributed by atoms with van der Waals surface area (Å²) in [5, 5.41) is 0. The molecular weight excluding hydrogens is 471 g/mol. The Hall–Kier alpha value is -1.98. The molecule has 0 radical (unpaired) electrons. The van der Waals surface area contributed by atoms with E-state index in [0.717, 1.165) is 16.7 Å². The van der Waals surface area contributed by atoms with Gasteiger partial charge in [-0.2, -0.15) is 0 Å². The van der Waals surface area contributed by atoms with Crippen LogP contribution in [0.3, 0.4) is 0 Å². The molecule has 0 amide bonds. The average Bonchev–Trinajstić information content (AvgIpc) is 2.89. The van der Waals surface area contributed by atoms with Crippen molar-refractivity contribution in [1.29, 1.82) is 0 Å². The number of rotatable bonds is 15. The van der Waals surface area contributed by atoms with Crippen molar-refractivity contribution in [3.05, 3.63) is 108 Å². The monoisotopic (exact) mass is 502 g/mol. The smallest absolute Gasteiger partial charge is 0.331 e. The summed E-state index contributed by atoms with van der Waals surface area (Å²) >= 11 is 5.88. The molecule has 0 aliphatic rings. The maximum absolute atomic E-state index is 13.7. The lowest BCUT2D eigenvalue weighted by Crippen LogP contribution is -2.30. The first-order chi connectivity index (χ1) is 16.6. The largest absolute Gasteiger partial charge is 0.371 e. The normalized spacial score (nSPS) is 13.5. The molecule has 5 nitrogen and oxygen atoms in total. The van der Waals surface area contributed by atoms with Gasteiger partial charge in [-0.05, 0) is 30.0 Å². The summed E-state index contributed by atoms with van der Waals surface area (Å²) in [5.74, 6) is 0. The van der Waals surface area contributed by atoms with Gasteiger partial charge < -0.3 is 18.5 Å². The van der Waals surface area contributed by atoms with E-state index in [1.807, 2.05) is 97.9 Å². The number of benzene rings is 3. The summed E-state index contributed by atoms with van der Waals surface area (Å²) in [6.07, 6.45) is 0.00223. The van der Waals surface area contributed by atoms with E-state index in [-0.39, 0.29) is 37.6 Å². The molecule has 0 unspecified atom stereocenters. The second kappa shape index (κ2) is 14.4. The Morgan fingerprint density at radius 1 is 0.706 bits per heavy atom. The van der Waals surface area contributed by atoms with Crippen LogP contribution in [0.25, 0.3) is 0 Å². The zero-order valence-corrected chi connectivity index (χ0v) is 21.1. The fourth-order valence-electron chi connectivity index (χ4n) is 3.39. The molecule has 0 N–H and O–H groups in total. The van der Waals surface area contributed by atoms with Crippen molar-refractivity contribution in [2.45, 2.75) is 45.4 Å². The summed E-state index contributed by atoms with van der Waals surface area (Å²) in [5.41, 5.74) is 2.93. The van der Waals surface area contributed by atoms with Gasteiger partial charge in [0, 0.05) is 0 Å². The number of hydrogen-bond acceptors (Lipinski definition) is 5. The summed E-state index contributed by atoms with van der Waals surface area (Å²) in [7, 11) is -3.42. The molecule has 3 aromatic carbocycles. The lowest BCUT2D eigenvalue weighted by atomic mass is 10.1. The van der Waals surface area contributed by atoms with E-state index in [4.69, 9.17) is 30.1 Å². The first-order valence-corrected chi connectivity index (χ1v) is 13.6. The van der Waals surface area contributed by atoms with Gasteiger partial charge >= 0.3 is 7.60 Å². The Labute approximate surface area is 207 Å². The molecule has 0 aliphatic carbocycles. The van der Waals surface area contributed by atoms with Crippen LogP contribution in [0.15, 0.2) is 91.0 Å².